The Labute approximate surface area is 144 Å². The maximum absolute atomic E-state index is 12.0. The Hall–Kier alpha value is -2.79. The first-order valence-electron chi connectivity index (χ1n) is 7.12. The van der Waals surface area contributed by atoms with Crippen molar-refractivity contribution in [2.45, 2.75) is 0 Å². The van der Waals surface area contributed by atoms with Gasteiger partial charge in [-0.15, -0.1) is 0 Å². The average Bonchev–Trinajstić information content (AvgIpc) is 2.95. The van der Waals surface area contributed by atoms with Crippen LogP contribution in [0.15, 0.2) is 53.2 Å². The third-order valence-corrected chi connectivity index (χ3v) is 3.77. The van der Waals surface area contributed by atoms with Gasteiger partial charge in [0.15, 0.2) is 17.2 Å². The van der Waals surface area contributed by atoms with E-state index < -0.39 is 5.97 Å². The van der Waals surface area contributed by atoms with Crippen LogP contribution in [0, 0.1) is 0 Å². The Morgan fingerprint density at radius 3 is 2.54 bits per heavy atom. The molecule has 0 amide bonds. The number of methoxy groups -OCH3 is 2. The standard InChI is InChI=1S/C18H14ClNO4/c1-22-15-8-7-11(10-16(15)23-2)9-14-18(21)24-17(20-14)12-5-3-4-6-13(12)19/h3-10H,1-2H3/b14-9+. The van der Waals surface area contributed by atoms with Crippen LogP contribution >= 0.6 is 11.6 Å². The summed E-state index contributed by atoms with van der Waals surface area (Å²) in [6.45, 7) is 0. The minimum Gasteiger partial charge on any atom is -0.493 e. The lowest BCUT2D eigenvalue weighted by Crippen LogP contribution is -2.05. The lowest BCUT2D eigenvalue weighted by molar-refractivity contribution is -0.129. The summed E-state index contributed by atoms with van der Waals surface area (Å²) in [7, 11) is 3.11. The molecular weight excluding hydrogens is 330 g/mol. The number of esters is 1. The summed E-state index contributed by atoms with van der Waals surface area (Å²) in [4.78, 5) is 16.3. The van der Waals surface area contributed by atoms with Crippen LogP contribution in [0.4, 0.5) is 0 Å². The predicted octanol–water partition coefficient (Wildman–Crippen LogP) is 3.70. The molecule has 2 aromatic rings. The number of carbonyl (C=O) groups excluding carboxylic acids is 1. The van der Waals surface area contributed by atoms with Crippen molar-refractivity contribution in [3.8, 4) is 11.5 Å². The van der Waals surface area contributed by atoms with E-state index in [0.29, 0.717) is 22.1 Å². The molecule has 1 aliphatic heterocycles. The van der Waals surface area contributed by atoms with Gasteiger partial charge in [-0.05, 0) is 35.9 Å². The smallest absolute Gasteiger partial charge is 0.363 e. The molecule has 6 heteroatoms. The Morgan fingerprint density at radius 1 is 1.08 bits per heavy atom. The molecule has 0 fully saturated rings. The first-order chi connectivity index (χ1) is 11.6. The van der Waals surface area contributed by atoms with Gasteiger partial charge in [0.1, 0.15) is 0 Å². The van der Waals surface area contributed by atoms with E-state index in [1.807, 2.05) is 0 Å². The quantitative estimate of drug-likeness (QED) is 0.627. The number of carbonyl (C=O) groups is 1. The Balaban J connectivity index is 1.96. The van der Waals surface area contributed by atoms with Gasteiger partial charge in [-0.1, -0.05) is 29.8 Å². The van der Waals surface area contributed by atoms with Gasteiger partial charge in [0.05, 0.1) is 24.8 Å². The van der Waals surface area contributed by atoms with Crippen molar-refractivity contribution in [3.05, 3.63) is 64.3 Å². The number of hydrogen-bond acceptors (Lipinski definition) is 5. The number of benzene rings is 2. The fourth-order valence-electron chi connectivity index (χ4n) is 2.26. The predicted molar refractivity (Wildman–Crippen MR) is 91.6 cm³/mol. The second-order valence-corrected chi connectivity index (χ2v) is 5.34. The summed E-state index contributed by atoms with van der Waals surface area (Å²) in [5.74, 6) is 0.833. The number of rotatable bonds is 4. The number of hydrogen-bond donors (Lipinski definition) is 0. The van der Waals surface area contributed by atoms with E-state index in [1.54, 1.807) is 62.8 Å². The second-order valence-electron chi connectivity index (χ2n) is 4.93. The van der Waals surface area contributed by atoms with Crippen molar-refractivity contribution >= 4 is 29.5 Å². The van der Waals surface area contributed by atoms with Gasteiger partial charge < -0.3 is 14.2 Å². The van der Waals surface area contributed by atoms with Crippen molar-refractivity contribution in [1.29, 1.82) is 0 Å². The molecule has 0 radical (unpaired) electrons. The van der Waals surface area contributed by atoms with Crippen LogP contribution in [0.25, 0.3) is 6.08 Å². The molecule has 0 spiro atoms. The maximum atomic E-state index is 12.0. The van der Waals surface area contributed by atoms with Crippen LogP contribution in [0.3, 0.4) is 0 Å². The largest absolute Gasteiger partial charge is 0.493 e. The number of aliphatic imine (C=N–C) groups is 1. The normalized spacial score (nSPS) is 15.2. The van der Waals surface area contributed by atoms with Crippen LogP contribution < -0.4 is 9.47 Å². The molecule has 0 bridgehead atoms. The first-order valence-corrected chi connectivity index (χ1v) is 7.49. The molecule has 2 aromatic carbocycles. The van der Waals surface area contributed by atoms with Gasteiger partial charge in [-0.2, -0.15) is 0 Å². The summed E-state index contributed by atoms with van der Waals surface area (Å²) < 4.78 is 15.7. The molecule has 0 aliphatic carbocycles. The van der Waals surface area contributed by atoms with E-state index in [1.165, 1.54) is 0 Å². The summed E-state index contributed by atoms with van der Waals surface area (Å²) in [5, 5.41) is 0.469. The van der Waals surface area contributed by atoms with Gasteiger partial charge in [0.25, 0.3) is 0 Å². The van der Waals surface area contributed by atoms with Crippen LogP contribution in [-0.2, 0) is 9.53 Å². The molecule has 0 aromatic heterocycles. The molecule has 3 rings (SSSR count). The van der Waals surface area contributed by atoms with E-state index in [0.717, 1.165) is 5.56 Å². The van der Waals surface area contributed by atoms with E-state index in [4.69, 9.17) is 25.8 Å². The summed E-state index contributed by atoms with van der Waals surface area (Å²) in [6, 6.07) is 12.4. The average molecular weight is 344 g/mol. The van der Waals surface area contributed by atoms with Crippen LogP contribution in [0.1, 0.15) is 11.1 Å². The number of cyclic esters (lactones) is 1. The summed E-state index contributed by atoms with van der Waals surface area (Å²) >= 11 is 6.11. The zero-order valence-corrected chi connectivity index (χ0v) is 13.8. The fourth-order valence-corrected chi connectivity index (χ4v) is 2.48. The van der Waals surface area contributed by atoms with Crippen LogP contribution in [0.2, 0.25) is 5.02 Å². The second kappa shape index (κ2) is 6.76. The minimum atomic E-state index is -0.528. The molecule has 5 nitrogen and oxygen atoms in total. The monoisotopic (exact) mass is 343 g/mol. The topological polar surface area (TPSA) is 57.1 Å². The van der Waals surface area contributed by atoms with Crippen molar-refractivity contribution in [2.75, 3.05) is 14.2 Å². The highest BCUT2D eigenvalue weighted by molar-refractivity contribution is 6.34. The number of nitrogens with zero attached hydrogens (tertiary/aromatic N) is 1. The highest BCUT2D eigenvalue weighted by Crippen LogP contribution is 2.29. The number of halogens is 1. The van der Waals surface area contributed by atoms with Gasteiger partial charge in [0, 0.05) is 0 Å². The lowest BCUT2D eigenvalue weighted by Gasteiger charge is -2.07. The third kappa shape index (κ3) is 3.12. The van der Waals surface area contributed by atoms with Crippen LogP contribution in [0.5, 0.6) is 11.5 Å². The van der Waals surface area contributed by atoms with Gasteiger partial charge >= 0.3 is 5.97 Å². The van der Waals surface area contributed by atoms with Gasteiger partial charge in [0.2, 0.25) is 5.90 Å². The van der Waals surface area contributed by atoms with Crippen molar-refractivity contribution in [3.63, 3.8) is 0 Å². The van der Waals surface area contributed by atoms with E-state index in [2.05, 4.69) is 4.99 Å². The lowest BCUT2D eigenvalue weighted by atomic mass is 10.1. The Bertz CT molecular complexity index is 858. The zero-order valence-electron chi connectivity index (χ0n) is 13.1. The summed E-state index contributed by atoms with van der Waals surface area (Å²) in [6.07, 6.45) is 1.62. The Morgan fingerprint density at radius 2 is 1.83 bits per heavy atom. The number of ether oxygens (including phenoxy) is 3. The third-order valence-electron chi connectivity index (χ3n) is 3.44. The van der Waals surface area contributed by atoms with Crippen molar-refractivity contribution < 1.29 is 19.0 Å². The minimum absolute atomic E-state index is 0.192. The maximum Gasteiger partial charge on any atom is 0.363 e. The molecule has 0 N–H and O–H groups in total. The van der Waals surface area contributed by atoms with E-state index >= 15 is 0 Å². The van der Waals surface area contributed by atoms with Gasteiger partial charge in [-0.25, -0.2) is 9.79 Å². The molecule has 0 unspecified atom stereocenters. The van der Waals surface area contributed by atoms with Crippen molar-refractivity contribution in [1.82, 2.24) is 0 Å². The summed E-state index contributed by atoms with van der Waals surface area (Å²) in [5.41, 5.74) is 1.50. The molecule has 1 heterocycles. The fraction of sp³-hybridized carbons (Fsp3) is 0.111. The molecule has 24 heavy (non-hydrogen) atoms. The molecular formula is C18H14ClNO4. The molecule has 0 saturated heterocycles. The highest BCUT2D eigenvalue weighted by Gasteiger charge is 2.25. The first kappa shape index (κ1) is 16.1. The molecule has 0 saturated carbocycles. The zero-order chi connectivity index (χ0) is 17.1. The van der Waals surface area contributed by atoms with E-state index in [-0.39, 0.29) is 11.6 Å². The highest BCUT2D eigenvalue weighted by atomic mass is 35.5. The van der Waals surface area contributed by atoms with Gasteiger partial charge in [-0.3, -0.25) is 0 Å². The SMILES string of the molecule is COc1ccc(/C=C2/N=C(c3ccccc3Cl)OC2=O)cc1OC. The molecule has 0 atom stereocenters. The molecule has 1 aliphatic rings. The Kier molecular flexibility index (Phi) is 4.53. The van der Waals surface area contributed by atoms with Crippen LogP contribution in [-0.4, -0.2) is 26.1 Å². The van der Waals surface area contributed by atoms with Crippen molar-refractivity contribution in [2.24, 2.45) is 4.99 Å². The van der Waals surface area contributed by atoms with E-state index in [9.17, 15) is 4.79 Å². The molecule has 122 valence electrons.